The van der Waals surface area contributed by atoms with E-state index in [9.17, 15) is 9.59 Å². The van der Waals surface area contributed by atoms with E-state index in [1.165, 1.54) is 0 Å². The molecule has 0 radical (unpaired) electrons. The first-order valence-corrected chi connectivity index (χ1v) is 9.15. The van der Waals surface area contributed by atoms with E-state index in [1.807, 2.05) is 39.0 Å². The number of hydrogen-bond donors (Lipinski definition) is 2. The Labute approximate surface area is 156 Å². The van der Waals surface area contributed by atoms with Crippen molar-refractivity contribution in [2.75, 3.05) is 5.32 Å². The normalized spacial score (nSPS) is 11.9. The van der Waals surface area contributed by atoms with Gasteiger partial charge in [0, 0.05) is 22.9 Å². The predicted molar refractivity (Wildman–Crippen MR) is 107 cm³/mol. The van der Waals surface area contributed by atoms with E-state index in [0.29, 0.717) is 17.0 Å². The van der Waals surface area contributed by atoms with Crippen molar-refractivity contribution in [3.63, 3.8) is 0 Å². The fourth-order valence-electron chi connectivity index (χ4n) is 2.74. The lowest BCUT2D eigenvalue weighted by molar-refractivity contribution is 0.0939. The van der Waals surface area contributed by atoms with Gasteiger partial charge in [-0.15, -0.1) is 0 Å². The summed E-state index contributed by atoms with van der Waals surface area (Å²) in [5.74, 6) is -0.0648. The Bertz CT molecular complexity index is 796. The minimum absolute atomic E-state index is 0.0977. The van der Waals surface area contributed by atoms with Crippen LogP contribution >= 0.6 is 0 Å². The Balaban J connectivity index is 2.24. The summed E-state index contributed by atoms with van der Waals surface area (Å²) < 4.78 is 0. The molecule has 4 nitrogen and oxygen atoms in total. The summed E-state index contributed by atoms with van der Waals surface area (Å²) in [6, 6.07) is 12.9. The van der Waals surface area contributed by atoms with Crippen molar-refractivity contribution < 1.29 is 9.59 Å². The third-order valence-corrected chi connectivity index (χ3v) is 4.54. The zero-order valence-electron chi connectivity index (χ0n) is 16.2. The zero-order valence-corrected chi connectivity index (χ0v) is 16.2. The van der Waals surface area contributed by atoms with E-state index in [0.717, 1.165) is 23.2 Å². The zero-order chi connectivity index (χ0) is 19.3. The van der Waals surface area contributed by atoms with Crippen molar-refractivity contribution in [2.24, 2.45) is 0 Å². The van der Waals surface area contributed by atoms with Gasteiger partial charge in [0.25, 0.3) is 11.8 Å². The molecule has 0 aliphatic rings. The van der Waals surface area contributed by atoms with Gasteiger partial charge in [0.1, 0.15) is 0 Å². The molecule has 0 fully saturated rings. The monoisotopic (exact) mass is 352 g/mol. The van der Waals surface area contributed by atoms with Crippen LogP contribution in [0.1, 0.15) is 71.9 Å². The molecule has 138 valence electrons. The SMILES string of the molecule is CCC(C)NC(=O)c1cccc(C(=O)Nc2c(C)cccc2C(C)C)c1. The molecule has 26 heavy (non-hydrogen) atoms. The molecule has 2 aromatic carbocycles. The van der Waals surface area contributed by atoms with Gasteiger partial charge in [-0.2, -0.15) is 0 Å². The third kappa shape index (κ3) is 4.72. The van der Waals surface area contributed by atoms with Gasteiger partial charge in [-0.05, 0) is 55.5 Å². The molecule has 2 N–H and O–H groups in total. The Hall–Kier alpha value is -2.62. The van der Waals surface area contributed by atoms with Crippen LogP contribution < -0.4 is 10.6 Å². The summed E-state index contributed by atoms with van der Waals surface area (Å²) in [6.45, 7) is 10.2. The van der Waals surface area contributed by atoms with Gasteiger partial charge in [-0.25, -0.2) is 0 Å². The second-order valence-electron chi connectivity index (χ2n) is 7.01. The first kappa shape index (κ1) is 19.7. The Kier molecular flexibility index (Phi) is 6.56. The molecule has 0 saturated heterocycles. The lowest BCUT2D eigenvalue weighted by Crippen LogP contribution is -2.32. The number of para-hydroxylation sites is 1. The van der Waals surface area contributed by atoms with Crippen molar-refractivity contribution in [1.82, 2.24) is 5.32 Å². The van der Waals surface area contributed by atoms with E-state index >= 15 is 0 Å². The summed E-state index contributed by atoms with van der Waals surface area (Å²) in [7, 11) is 0. The molecule has 2 aromatic rings. The Morgan fingerprint density at radius 3 is 2.19 bits per heavy atom. The Morgan fingerprint density at radius 1 is 0.962 bits per heavy atom. The maximum absolute atomic E-state index is 12.8. The van der Waals surface area contributed by atoms with Crippen molar-refractivity contribution in [3.8, 4) is 0 Å². The molecule has 0 heterocycles. The number of benzene rings is 2. The maximum Gasteiger partial charge on any atom is 0.255 e. The summed E-state index contributed by atoms with van der Waals surface area (Å²) in [4.78, 5) is 25.1. The van der Waals surface area contributed by atoms with Gasteiger partial charge in [0.15, 0.2) is 0 Å². The van der Waals surface area contributed by atoms with Crippen LogP contribution in [-0.4, -0.2) is 17.9 Å². The quantitative estimate of drug-likeness (QED) is 0.777. The number of hydrogen-bond acceptors (Lipinski definition) is 2. The summed E-state index contributed by atoms with van der Waals surface area (Å²) >= 11 is 0. The highest BCUT2D eigenvalue weighted by Crippen LogP contribution is 2.27. The molecule has 0 aromatic heterocycles. The maximum atomic E-state index is 12.8. The highest BCUT2D eigenvalue weighted by molar-refractivity contribution is 6.06. The average Bonchev–Trinajstić information content (AvgIpc) is 2.62. The molecule has 0 aliphatic carbocycles. The molecule has 0 bridgehead atoms. The largest absolute Gasteiger partial charge is 0.350 e. The predicted octanol–water partition coefficient (Wildman–Crippen LogP) is 4.90. The minimum Gasteiger partial charge on any atom is -0.350 e. The number of aryl methyl sites for hydroxylation is 1. The molecule has 2 amide bonds. The second-order valence-corrected chi connectivity index (χ2v) is 7.01. The van der Waals surface area contributed by atoms with Crippen LogP contribution in [0.4, 0.5) is 5.69 Å². The van der Waals surface area contributed by atoms with E-state index in [4.69, 9.17) is 0 Å². The second kappa shape index (κ2) is 8.65. The van der Waals surface area contributed by atoms with E-state index in [1.54, 1.807) is 24.3 Å². The van der Waals surface area contributed by atoms with Gasteiger partial charge in [-0.3, -0.25) is 9.59 Å². The van der Waals surface area contributed by atoms with Gasteiger partial charge >= 0.3 is 0 Å². The molecule has 0 saturated carbocycles. The molecule has 4 heteroatoms. The smallest absolute Gasteiger partial charge is 0.255 e. The number of carbonyl (C=O) groups excluding carboxylic acids is 2. The highest BCUT2D eigenvalue weighted by Gasteiger charge is 2.15. The standard InChI is InChI=1S/C22H28N2O2/c1-6-16(5)23-21(25)17-10-8-11-18(13-17)22(26)24-20-15(4)9-7-12-19(20)14(2)3/h7-14,16H,6H2,1-5H3,(H,23,25)(H,24,26). The molecule has 2 rings (SSSR count). The molecule has 1 unspecified atom stereocenters. The minimum atomic E-state index is -0.209. The Morgan fingerprint density at radius 2 is 1.58 bits per heavy atom. The van der Waals surface area contributed by atoms with Crippen LogP contribution in [0, 0.1) is 6.92 Å². The van der Waals surface area contributed by atoms with Gasteiger partial charge in [-0.1, -0.05) is 45.0 Å². The highest BCUT2D eigenvalue weighted by atomic mass is 16.2. The van der Waals surface area contributed by atoms with Crippen LogP contribution in [0.5, 0.6) is 0 Å². The number of carbonyl (C=O) groups is 2. The van der Waals surface area contributed by atoms with Crippen LogP contribution in [0.3, 0.4) is 0 Å². The first-order chi connectivity index (χ1) is 12.3. The van der Waals surface area contributed by atoms with Crippen molar-refractivity contribution in [3.05, 3.63) is 64.7 Å². The number of anilines is 1. The van der Waals surface area contributed by atoms with Crippen molar-refractivity contribution >= 4 is 17.5 Å². The molecule has 0 aliphatic heterocycles. The van der Waals surface area contributed by atoms with E-state index in [-0.39, 0.29) is 17.9 Å². The van der Waals surface area contributed by atoms with Crippen LogP contribution in [0.15, 0.2) is 42.5 Å². The van der Waals surface area contributed by atoms with E-state index < -0.39 is 0 Å². The molecule has 1 atom stereocenters. The lowest BCUT2D eigenvalue weighted by Gasteiger charge is -2.17. The summed E-state index contributed by atoms with van der Waals surface area (Å²) in [6.07, 6.45) is 0.858. The number of nitrogens with one attached hydrogen (secondary N) is 2. The van der Waals surface area contributed by atoms with Crippen LogP contribution in [0.2, 0.25) is 0 Å². The van der Waals surface area contributed by atoms with Crippen molar-refractivity contribution in [2.45, 2.75) is 53.0 Å². The molecular formula is C22H28N2O2. The van der Waals surface area contributed by atoms with Gasteiger partial charge < -0.3 is 10.6 Å². The fourth-order valence-corrected chi connectivity index (χ4v) is 2.74. The number of rotatable bonds is 6. The topological polar surface area (TPSA) is 58.2 Å². The van der Waals surface area contributed by atoms with Crippen LogP contribution in [0.25, 0.3) is 0 Å². The van der Waals surface area contributed by atoms with Crippen molar-refractivity contribution in [1.29, 1.82) is 0 Å². The lowest BCUT2D eigenvalue weighted by atomic mass is 9.98. The molecule has 0 spiro atoms. The van der Waals surface area contributed by atoms with Gasteiger partial charge in [0.2, 0.25) is 0 Å². The third-order valence-electron chi connectivity index (χ3n) is 4.54. The average molecular weight is 352 g/mol. The first-order valence-electron chi connectivity index (χ1n) is 9.15. The van der Waals surface area contributed by atoms with Crippen LogP contribution in [-0.2, 0) is 0 Å². The summed E-state index contributed by atoms with van der Waals surface area (Å²) in [5.41, 5.74) is 3.94. The van der Waals surface area contributed by atoms with Gasteiger partial charge in [0.05, 0.1) is 0 Å². The van der Waals surface area contributed by atoms with E-state index in [2.05, 4.69) is 24.5 Å². The number of amides is 2. The fraction of sp³-hybridized carbons (Fsp3) is 0.364. The molecular weight excluding hydrogens is 324 g/mol. The summed E-state index contributed by atoms with van der Waals surface area (Å²) in [5, 5.41) is 5.95.